The van der Waals surface area contributed by atoms with Crippen LogP contribution in [0.15, 0.2) is 76.4 Å². The summed E-state index contributed by atoms with van der Waals surface area (Å²) >= 11 is 0. The van der Waals surface area contributed by atoms with E-state index in [1.807, 2.05) is 0 Å². The number of benzene rings is 3. The number of halogens is 1. The van der Waals surface area contributed by atoms with E-state index in [0.717, 1.165) is 12.1 Å². The number of nitrogens with zero attached hydrogens (tertiary/aromatic N) is 1. The van der Waals surface area contributed by atoms with E-state index in [2.05, 4.69) is 4.98 Å². The van der Waals surface area contributed by atoms with Crippen LogP contribution in [-0.4, -0.2) is 31.6 Å². The largest absolute Gasteiger partial charge is 0.497 e. The normalized spacial score (nSPS) is 12.9. The zero-order valence-corrected chi connectivity index (χ0v) is 19.5. The Balaban J connectivity index is 1.56. The first-order valence-electron chi connectivity index (χ1n) is 10.7. The molecule has 1 aliphatic heterocycles. The van der Waals surface area contributed by atoms with Crippen molar-refractivity contribution in [3.05, 3.63) is 94.0 Å². The van der Waals surface area contributed by atoms with Gasteiger partial charge in [0.15, 0.2) is 11.5 Å². The van der Waals surface area contributed by atoms with Gasteiger partial charge in [0, 0.05) is 29.6 Å². The van der Waals surface area contributed by atoms with Crippen molar-refractivity contribution in [1.29, 1.82) is 0 Å². The monoisotopic (exact) mass is 496 g/mol. The Hall–Kier alpha value is -3.89. The molecule has 0 atom stereocenters. The van der Waals surface area contributed by atoms with Gasteiger partial charge in [0.05, 0.1) is 12.0 Å². The fourth-order valence-electron chi connectivity index (χ4n) is 3.89. The number of rotatable bonds is 7. The van der Waals surface area contributed by atoms with Gasteiger partial charge in [0.1, 0.15) is 11.6 Å². The van der Waals surface area contributed by atoms with Gasteiger partial charge in [-0.1, -0.05) is 6.07 Å². The quantitative estimate of drug-likeness (QED) is 0.418. The molecule has 0 unspecified atom stereocenters. The molecule has 2 heterocycles. The van der Waals surface area contributed by atoms with Crippen LogP contribution in [0.25, 0.3) is 10.9 Å². The highest BCUT2D eigenvalue weighted by atomic mass is 32.2. The zero-order chi connectivity index (χ0) is 24.6. The number of fused-ring (bicyclic) bond motifs is 2. The summed E-state index contributed by atoms with van der Waals surface area (Å²) in [6.07, 6.45) is 0. The van der Waals surface area contributed by atoms with Gasteiger partial charge >= 0.3 is 0 Å². The van der Waals surface area contributed by atoms with Crippen molar-refractivity contribution in [2.45, 2.75) is 18.0 Å². The van der Waals surface area contributed by atoms with Crippen molar-refractivity contribution in [2.24, 2.45) is 0 Å². The Morgan fingerprint density at radius 3 is 2.51 bits per heavy atom. The number of aromatic nitrogens is 1. The highest BCUT2D eigenvalue weighted by molar-refractivity contribution is 7.89. The molecule has 10 heteroatoms. The molecule has 1 aromatic heterocycles. The molecule has 4 aromatic rings. The fourth-order valence-corrected chi connectivity index (χ4v) is 5.29. The summed E-state index contributed by atoms with van der Waals surface area (Å²) < 4.78 is 57.8. The molecule has 0 radical (unpaired) electrons. The molecule has 180 valence electrons. The SMILES string of the molecule is COc1ccc2[nH]c(=O)c(CN(Cc3ccc4c(c3)OCO4)S(=O)(=O)c3ccc(F)cc3)cc2c1. The summed E-state index contributed by atoms with van der Waals surface area (Å²) in [6, 6.07) is 16.6. The van der Waals surface area contributed by atoms with Crippen LogP contribution in [0.1, 0.15) is 11.1 Å². The maximum Gasteiger partial charge on any atom is 0.252 e. The number of nitrogens with one attached hydrogen (secondary N) is 1. The van der Waals surface area contributed by atoms with Crippen LogP contribution in [0.2, 0.25) is 0 Å². The fraction of sp³-hybridized carbons (Fsp3) is 0.160. The summed E-state index contributed by atoms with van der Waals surface area (Å²) in [6.45, 7) is -0.172. The van der Waals surface area contributed by atoms with Gasteiger partial charge in [-0.15, -0.1) is 0 Å². The molecule has 5 rings (SSSR count). The van der Waals surface area contributed by atoms with Crippen molar-refractivity contribution in [3.63, 3.8) is 0 Å². The van der Waals surface area contributed by atoms with Gasteiger partial charge < -0.3 is 19.2 Å². The highest BCUT2D eigenvalue weighted by Crippen LogP contribution is 2.33. The molecule has 0 saturated heterocycles. The van der Waals surface area contributed by atoms with E-state index in [9.17, 15) is 17.6 Å². The maximum absolute atomic E-state index is 13.6. The smallest absolute Gasteiger partial charge is 0.252 e. The molecular formula is C25H21FN2O6S. The molecule has 0 fully saturated rings. The first-order valence-corrected chi connectivity index (χ1v) is 12.1. The lowest BCUT2D eigenvalue weighted by Crippen LogP contribution is -2.32. The molecule has 8 nitrogen and oxygen atoms in total. The summed E-state index contributed by atoms with van der Waals surface area (Å²) in [5.41, 5.74) is 1.08. The third-order valence-corrected chi connectivity index (χ3v) is 7.53. The Bertz CT molecular complexity index is 1570. The maximum atomic E-state index is 13.6. The molecule has 0 aliphatic carbocycles. The molecule has 0 saturated carbocycles. The van der Waals surface area contributed by atoms with Crippen LogP contribution < -0.4 is 19.8 Å². The third kappa shape index (κ3) is 4.58. The van der Waals surface area contributed by atoms with Crippen LogP contribution >= 0.6 is 0 Å². The first-order chi connectivity index (χ1) is 16.8. The van der Waals surface area contributed by atoms with E-state index in [0.29, 0.717) is 33.7 Å². The standard InChI is InChI=1S/C25H21FN2O6S/c1-32-20-5-8-22-17(12-20)11-18(25(29)27-22)14-28(35(30,31)21-6-3-19(26)4-7-21)13-16-2-9-23-24(10-16)34-15-33-23/h2-12H,13-15H2,1H3,(H,27,29). The van der Waals surface area contributed by atoms with Gasteiger partial charge in [-0.3, -0.25) is 4.79 Å². The van der Waals surface area contributed by atoms with Crippen LogP contribution in [0, 0.1) is 5.82 Å². The average molecular weight is 497 g/mol. The number of hydrogen-bond acceptors (Lipinski definition) is 6. The van der Waals surface area contributed by atoms with E-state index in [1.165, 1.54) is 23.5 Å². The van der Waals surface area contributed by atoms with E-state index in [4.69, 9.17) is 14.2 Å². The summed E-state index contributed by atoms with van der Waals surface area (Å²) in [5, 5.41) is 0.696. The second-order valence-corrected chi connectivity index (χ2v) is 9.93. The number of methoxy groups -OCH3 is 1. The average Bonchev–Trinajstić information content (AvgIpc) is 3.32. The molecular weight excluding hydrogens is 475 g/mol. The van der Waals surface area contributed by atoms with Crippen molar-refractivity contribution >= 4 is 20.9 Å². The number of aromatic amines is 1. The van der Waals surface area contributed by atoms with Gasteiger partial charge in [-0.25, -0.2) is 12.8 Å². The first kappa shape index (κ1) is 22.9. The Morgan fingerprint density at radius 1 is 0.971 bits per heavy atom. The highest BCUT2D eigenvalue weighted by Gasteiger charge is 2.27. The number of sulfonamides is 1. The van der Waals surface area contributed by atoms with Crippen molar-refractivity contribution in [1.82, 2.24) is 9.29 Å². The van der Waals surface area contributed by atoms with Gasteiger partial charge in [0.25, 0.3) is 5.56 Å². The Kier molecular flexibility index (Phi) is 5.91. The van der Waals surface area contributed by atoms with E-state index in [1.54, 1.807) is 42.5 Å². The predicted molar refractivity (Wildman–Crippen MR) is 127 cm³/mol. The molecule has 0 amide bonds. The van der Waals surface area contributed by atoms with Gasteiger partial charge in [-0.2, -0.15) is 4.31 Å². The summed E-state index contributed by atoms with van der Waals surface area (Å²) in [7, 11) is -2.56. The Labute approximate surface area is 200 Å². The zero-order valence-electron chi connectivity index (χ0n) is 18.7. The van der Waals surface area contributed by atoms with E-state index >= 15 is 0 Å². The molecule has 0 bridgehead atoms. The summed E-state index contributed by atoms with van der Waals surface area (Å²) in [5.74, 6) is 1.14. The van der Waals surface area contributed by atoms with Crippen molar-refractivity contribution < 1.29 is 27.0 Å². The predicted octanol–water partition coefficient (Wildman–Crippen LogP) is 3.80. The minimum Gasteiger partial charge on any atom is -0.497 e. The third-order valence-electron chi connectivity index (χ3n) is 5.72. The van der Waals surface area contributed by atoms with Gasteiger partial charge in [0.2, 0.25) is 16.8 Å². The number of H-pyrrole nitrogens is 1. The van der Waals surface area contributed by atoms with Crippen LogP contribution in [0.4, 0.5) is 4.39 Å². The molecule has 3 aromatic carbocycles. The van der Waals surface area contributed by atoms with E-state index < -0.39 is 21.4 Å². The van der Waals surface area contributed by atoms with Crippen molar-refractivity contribution in [3.8, 4) is 17.2 Å². The lowest BCUT2D eigenvalue weighted by Gasteiger charge is -2.22. The summed E-state index contributed by atoms with van der Waals surface area (Å²) in [4.78, 5) is 15.6. The van der Waals surface area contributed by atoms with E-state index in [-0.39, 0.29) is 30.3 Å². The molecule has 1 aliphatic rings. The lowest BCUT2D eigenvalue weighted by molar-refractivity contribution is 0.174. The van der Waals surface area contributed by atoms with Crippen LogP contribution in [0.5, 0.6) is 17.2 Å². The van der Waals surface area contributed by atoms with Gasteiger partial charge in [-0.05, 0) is 66.2 Å². The van der Waals surface area contributed by atoms with Crippen molar-refractivity contribution in [2.75, 3.05) is 13.9 Å². The molecule has 35 heavy (non-hydrogen) atoms. The number of ether oxygens (including phenoxy) is 3. The second kappa shape index (κ2) is 9.05. The number of pyridine rings is 1. The lowest BCUT2D eigenvalue weighted by atomic mass is 10.1. The van der Waals surface area contributed by atoms with Crippen LogP contribution in [-0.2, 0) is 23.1 Å². The molecule has 0 spiro atoms. The molecule has 1 N–H and O–H groups in total. The minimum absolute atomic E-state index is 0.0497. The number of hydrogen-bond donors (Lipinski definition) is 1. The second-order valence-electron chi connectivity index (χ2n) is 7.99. The Morgan fingerprint density at radius 2 is 1.74 bits per heavy atom. The minimum atomic E-state index is -4.09. The topological polar surface area (TPSA) is 97.9 Å². The van der Waals surface area contributed by atoms with Crippen LogP contribution in [0.3, 0.4) is 0 Å².